The first-order chi connectivity index (χ1) is 7.74. The maximum absolute atomic E-state index is 10.9. The maximum Gasteiger partial charge on any atom is 0.545 e. The lowest BCUT2D eigenvalue weighted by molar-refractivity contribution is -0.515. The molecular weight excluding hydrogens is 232 g/mol. The van der Waals surface area contributed by atoms with Gasteiger partial charge < -0.3 is 9.47 Å². The van der Waals surface area contributed by atoms with Crippen molar-refractivity contribution in [1.29, 1.82) is 0 Å². The minimum absolute atomic E-state index is 0.638. The molecule has 1 atom stereocenters. The van der Waals surface area contributed by atoms with E-state index in [0.29, 0.717) is 0 Å². The molecule has 0 aromatic carbocycles. The summed E-state index contributed by atoms with van der Waals surface area (Å²) >= 11 is 0. The highest BCUT2D eigenvalue weighted by Gasteiger charge is 2.17. The molecule has 1 unspecified atom stereocenters. The van der Waals surface area contributed by atoms with E-state index in [2.05, 4.69) is 30.9 Å². The van der Waals surface area contributed by atoms with Crippen LogP contribution < -0.4 is 0 Å². The molecule has 0 rings (SSSR count). The first-order valence-corrected chi connectivity index (χ1v) is 4.80. The van der Waals surface area contributed by atoms with E-state index in [4.69, 9.17) is 0 Å². The molecule has 17 heavy (non-hydrogen) atoms. The number of esters is 1. The second-order valence-electron chi connectivity index (χ2n) is 3.92. The fourth-order valence-electron chi connectivity index (χ4n) is 0.538. The molecule has 0 aliphatic rings. The minimum atomic E-state index is -1.20. The molecule has 0 spiro atoms. The molecule has 7 heteroatoms. The van der Waals surface area contributed by atoms with E-state index in [1.807, 2.05) is 0 Å². The molecule has 0 radical (unpaired) electrons. The lowest BCUT2D eigenvalue weighted by Gasteiger charge is -2.16. The topological polar surface area (TPSA) is 80.3 Å². The van der Waals surface area contributed by atoms with Crippen molar-refractivity contribution >= 4 is 12.1 Å². The van der Waals surface area contributed by atoms with Crippen LogP contribution in [0.5, 0.6) is 0 Å². The third kappa shape index (κ3) is 9.34. The van der Waals surface area contributed by atoms with Crippen molar-refractivity contribution in [2.24, 2.45) is 0 Å². The van der Waals surface area contributed by atoms with Gasteiger partial charge in [0.15, 0.2) is 0 Å². The van der Waals surface area contributed by atoms with Gasteiger partial charge in [-0.25, -0.2) is 14.5 Å². The van der Waals surface area contributed by atoms with Crippen molar-refractivity contribution in [3.63, 3.8) is 0 Å². The highest BCUT2D eigenvalue weighted by molar-refractivity contribution is 5.81. The van der Waals surface area contributed by atoms with Crippen molar-refractivity contribution in [3.05, 3.63) is 12.7 Å². The molecule has 0 aliphatic carbocycles. The quantitative estimate of drug-likeness (QED) is 0.241. The van der Waals surface area contributed by atoms with Crippen LogP contribution in [0.1, 0.15) is 27.7 Å². The van der Waals surface area contributed by atoms with Crippen molar-refractivity contribution in [2.45, 2.75) is 39.6 Å². The van der Waals surface area contributed by atoms with Gasteiger partial charge in [-0.3, -0.25) is 0 Å². The highest BCUT2D eigenvalue weighted by atomic mass is 17.5. The van der Waals surface area contributed by atoms with Gasteiger partial charge in [0, 0.05) is 13.0 Å². The minimum Gasteiger partial charge on any atom is -0.422 e. The van der Waals surface area contributed by atoms with Crippen LogP contribution in [0, 0.1) is 0 Å². The second-order valence-corrected chi connectivity index (χ2v) is 3.92. The van der Waals surface area contributed by atoms with E-state index in [1.54, 1.807) is 20.8 Å². The fourth-order valence-corrected chi connectivity index (χ4v) is 0.538. The number of ether oxygens (including phenoxy) is 2. The van der Waals surface area contributed by atoms with Gasteiger partial charge in [0.05, 0.1) is 5.60 Å². The lowest BCUT2D eigenvalue weighted by atomic mass is 10.2. The van der Waals surface area contributed by atoms with Crippen molar-refractivity contribution < 1.29 is 33.9 Å². The molecule has 0 fully saturated rings. The van der Waals surface area contributed by atoms with Crippen LogP contribution in [0.4, 0.5) is 4.79 Å². The average molecular weight is 248 g/mol. The van der Waals surface area contributed by atoms with Crippen molar-refractivity contribution in [1.82, 2.24) is 0 Å². The van der Waals surface area contributed by atoms with Crippen LogP contribution in [0.3, 0.4) is 0 Å². The molecule has 0 saturated carbocycles. The standard InChI is InChI=1S/C10H16O7/c1-6-8(11)13-7(2)14-9(12)15-17-16-10(3,4)5/h6-7H,1H2,2-5H3. The Balaban J connectivity index is 3.79. The Bertz CT molecular complexity index is 279. The average Bonchev–Trinajstić information content (AvgIpc) is 2.14. The van der Waals surface area contributed by atoms with Gasteiger partial charge in [0.2, 0.25) is 6.29 Å². The van der Waals surface area contributed by atoms with Crippen LogP contribution in [0.2, 0.25) is 0 Å². The third-order valence-corrected chi connectivity index (χ3v) is 1.10. The third-order valence-electron chi connectivity index (χ3n) is 1.10. The Kier molecular flexibility index (Phi) is 6.22. The van der Waals surface area contributed by atoms with E-state index in [0.717, 1.165) is 6.08 Å². The summed E-state index contributed by atoms with van der Waals surface area (Å²) in [7, 11) is 0. The van der Waals surface area contributed by atoms with Gasteiger partial charge in [0.25, 0.3) is 0 Å². The van der Waals surface area contributed by atoms with Crippen LogP contribution in [-0.2, 0) is 29.1 Å². The molecule has 0 aliphatic heterocycles. The molecule has 0 heterocycles. The van der Waals surface area contributed by atoms with E-state index in [9.17, 15) is 9.59 Å². The predicted molar refractivity (Wildman–Crippen MR) is 55.2 cm³/mol. The summed E-state index contributed by atoms with van der Waals surface area (Å²) in [6.45, 7) is 9.58. The van der Waals surface area contributed by atoms with Gasteiger partial charge in [0.1, 0.15) is 0 Å². The SMILES string of the molecule is C=CC(=O)OC(C)OC(=O)OOOC(C)(C)C. The Morgan fingerprint density at radius 3 is 2.29 bits per heavy atom. The molecule has 98 valence electrons. The van der Waals surface area contributed by atoms with Crippen molar-refractivity contribution in [3.8, 4) is 0 Å². The summed E-state index contributed by atoms with van der Waals surface area (Å²) in [5.74, 6) is -0.725. The zero-order valence-electron chi connectivity index (χ0n) is 10.2. The first-order valence-electron chi connectivity index (χ1n) is 4.80. The van der Waals surface area contributed by atoms with Crippen LogP contribution in [0.15, 0.2) is 12.7 Å². The number of hydrogen-bond acceptors (Lipinski definition) is 7. The number of rotatable bonds is 5. The summed E-state index contributed by atoms with van der Waals surface area (Å²) < 4.78 is 9.02. The van der Waals surface area contributed by atoms with Gasteiger partial charge >= 0.3 is 12.1 Å². The summed E-state index contributed by atoms with van der Waals surface area (Å²) in [6, 6.07) is 0. The molecule has 0 bridgehead atoms. The molecule has 7 nitrogen and oxygen atoms in total. The van der Waals surface area contributed by atoms with Gasteiger partial charge in [-0.2, -0.15) is 4.89 Å². The zero-order chi connectivity index (χ0) is 13.5. The Hall–Kier alpha value is -1.60. The molecule has 0 saturated heterocycles. The van der Waals surface area contributed by atoms with E-state index in [-0.39, 0.29) is 0 Å². The monoisotopic (exact) mass is 248 g/mol. The van der Waals surface area contributed by atoms with Crippen LogP contribution in [0.25, 0.3) is 0 Å². The summed E-state index contributed by atoms with van der Waals surface area (Å²) in [5.41, 5.74) is -0.638. The normalized spacial score (nSPS) is 12.5. The summed E-state index contributed by atoms with van der Waals surface area (Å²) in [6.07, 6.45) is -1.38. The largest absolute Gasteiger partial charge is 0.545 e. The van der Waals surface area contributed by atoms with Crippen molar-refractivity contribution in [2.75, 3.05) is 0 Å². The summed E-state index contributed by atoms with van der Waals surface area (Å²) in [5, 5.41) is 4.16. The Labute approximate surface area is 99.1 Å². The number of carbonyl (C=O) groups excluding carboxylic acids is 2. The Morgan fingerprint density at radius 2 is 1.82 bits per heavy atom. The molecule has 0 aromatic heterocycles. The molecule has 0 N–H and O–H groups in total. The maximum atomic E-state index is 10.9. The summed E-state index contributed by atoms with van der Waals surface area (Å²) in [4.78, 5) is 30.4. The predicted octanol–water partition coefficient (Wildman–Crippen LogP) is 1.88. The van der Waals surface area contributed by atoms with Gasteiger partial charge in [-0.15, -0.1) is 0 Å². The van der Waals surface area contributed by atoms with Gasteiger partial charge in [-0.1, -0.05) is 6.58 Å². The molecule has 0 aromatic rings. The number of carbonyl (C=O) groups is 2. The zero-order valence-corrected chi connectivity index (χ0v) is 10.2. The lowest BCUT2D eigenvalue weighted by Crippen LogP contribution is -2.24. The highest BCUT2D eigenvalue weighted by Crippen LogP contribution is 2.08. The fraction of sp³-hybridized carbons (Fsp3) is 0.600. The first kappa shape index (κ1) is 15.4. The van der Waals surface area contributed by atoms with E-state index >= 15 is 0 Å². The second kappa shape index (κ2) is 6.87. The van der Waals surface area contributed by atoms with Crippen LogP contribution >= 0.6 is 0 Å². The smallest absolute Gasteiger partial charge is 0.422 e. The number of hydrogen-bond donors (Lipinski definition) is 0. The van der Waals surface area contributed by atoms with E-state index in [1.165, 1.54) is 6.92 Å². The van der Waals surface area contributed by atoms with E-state index < -0.39 is 24.0 Å². The van der Waals surface area contributed by atoms with Crippen LogP contribution in [-0.4, -0.2) is 24.0 Å². The molecular formula is C10H16O7. The van der Waals surface area contributed by atoms with Gasteiger partial charge in [-0.05, 0) is 25.8 Å². The molecule has 0 amide bonds. The Morgan fingerprint density at radius 1 is 1.24 bits per heavy atom.